The number of carbonyl (C=O) groups is 2. The van der Waals surface area contributed by atoms with Crippen molar-refractivity contribution in [3.63, 3.8) is 0 Å². The molecular weight excluding hydrogens is 242 g/mol. The SMILES string of the molecule is CC.CCOC(=O)C1CCN(c2ccccc2)C1=O. The minimum Gasteiger partial charge on any atom is -0.465 e. The van der Waals surface area contributed by atoms with E-state index in [0.29, 0.717) is 19.6 Å². The van der Waals surface area contributed by atoms with Gasteiger partial charge in [-0.15, -0.1) is 0 Å². The van der Waals surface area contributed by atoms with Crippen molar-refractivity contribution in [2.45, 2.75) is 27.2 Å². The zero-order valence-corrected chi connectivity index (χ0v) is 11.8. The third-order valence-electron chi connectivity index (χ3n) is 2.84. The van der Waals surface area contributed by atoms with Gasteiger partial charge >= 0.3 is 5.97 Å². The summed E-state index contributed by atoms with van der Waals surface area (Å²) in [6.45, 7) is 6.63. The second kappa shape index (κ2) is 7.56. The average Bonchev–Trinajstić information content (AvgIpc) is 2.84. The van der Waals surface area contributed by atoms with E-state index in [1.807, 2.05) is 44.2 Å². The highest BCUT2D eigenvalue weighted by atomic mass is 16.5. The Morgan fingerprint density at radius 2 is 1.95 bits per heavy atom. The summed E-state index contributed by atoms with van der Waals surface area (Å²) in [5.74, 6) is -1.19. The lowest BCUT2D eigenvalue weighted by Crippen LogP contribution is -2.31. The maximum Gasteiger partial charge on any atom is 0.318 e. The van der Waals surface area contributed by atoms with Gasteiger partial charge in [0.25, 0.3) is 0 Å². The van der Waals surface area contributed by atoms with Gasteiger partial charge in [0.15, 0.2) is 0 Å². The van der Waals surface area contributed by atoms with Gasteiger partial charge in [-0.25, -0.2) is 0 Å². The number of para-hydroxylation sites is 1. The van der Waals surface area contributed by atoms with Gasteiger partial charge in [0.1, 0.15) is 5.92 Å². The van der Waals surface area contributed by atoms with Gasteiger partial charge in [0, 0.05) is 12.2 Å². The van der Waals surface area contributed by atoms with Crippen LogP contribution in [0.3, 0.4) is 0 Å². The number of anilines is 1. The standard InChI is InChI=1S/C13H15NO3.C2H6/c1-2-17-13(16)11-8-9-14(12(11)15)10-6-4-3-5-7-10;1-2/h3-7,11H,2,8-9H2,1H3;1-2H3. The van der Waals surface area contributed by atoms with Crippen LogP contribution in [0.5, 0.6) is 0 Å². The van der Waals surface area contributed by atoms with Crippen LogP contribution < -0.4 is 4.90 Å². The monoisotopic (exact) mass is 263 g/mol. The van der Waals surface area contributed by atoms with E-state index in [1.165, 1.54) is 0 Å². The molecule has 0 aliphatic carbocycles. The van der Waals surface area contributed by atoms with Crippen LogP contribution in [0.2, 0.25) is 0 Å². The van der Waals surface area contributed by atoms with Crippen LogP contribution in [0.15, 0.2) is 30.3 Å². The minimum atomic E-state index is -0.629. The Balaban J connectivity index is 0.000000861. The molecule has 1 aliphatic rings. The predicted molar refractivity (Wildman–Crippen MR) is 74.9 cm³/mol. The normalized spacial score (nSPS) is 17.7. The number of rotatable bonds is 3. The maximum atomic E-state index is 12.0. The van der Waals surface area contributed by atoms with Crippen LogP contribution in [0.4, 0.5) is 5.69 Å². The van der Waals surface area contributed by atoms with E-state index in [-0.39, 0.29) is 5.91 Å². The molecule has 0 N–H and O–H groups in total. The molecule has 4 heteroatoms. The average molecular weight is 263 g/mol. The van der Waals surface area contributed by atoms with Crippen molar-refractivity contribution in [3.8, 4) is 0 Å². The number of esters is 1. The van der Waals surface area contributed by atoms with Gasteiger partial charge in [-0.3, -0.25) is 9.59 Å². The first-order chi connectivity index (χ1) is 9.24. The first kappa shape index (κ1) is 15.2. The van der Waals surface area contributed by atoms with E-state index in [9.17, 15) is 9.59 Å². The molecular formula is C15H21NO3. The quantitative estimate of drug-likeness (QED) is 0.622. The van der Waals surface area contributed by atoms with Gasteiger partial charge in [0.05, 0.1) is 6.61 Å². The Morgan fingerprint density at radius 1 is 1.32 bits per heavy atom. The number of hydrogen-bond acceptors (Lipinski definition) is 3. The molecule has 0 saturated carbocycles. The molecule has 0 spiro atoms. The Labute approximate surface area is 114 Å². The summed E-state index contributed by atoms with van der Waals surface area (Å²) in [5.41, 5.74) is 0.837. The Hall–Kier alpha value is -1.84. The van der Waals surface area contributed by atoms with E-state index < -0.39 is 11.9 Å². The summed E-state index contributed by atoms with van der Waals surface area (Å²) in [6, 6.07) is 9.38. The van der Waals surface area contributed by atoms with E-state index in [1.54, 1.807) is 11.8 Å². The molecule has 19 heavy (non-hydrogen) atoms. The Kier molecular flexibility index (Phi) is 6.06. The maximum absolute atomic E-state index is 12.0. The third kappa shape index (κ3) is 3.56. The summed E-state index contributed by atoms with van der Waals surface area (Å²) in [4.78, 5) is 25.3. The molecule has 1 unspecified atom stereocenters. The summed E-state index contributed by atoms with van der Waals surface area (Å²) in [6.07, 6.45) is 0.534. The summed E-state index contributed by atoms with van der Waals surface area (Å²) < 4.78 is 4.89. The summed E-state index contributed by atoms with van der Waals surface area (Å²) in [7, 11) is 0. The Morgan fingerprint density at radius 3 is 2.53 bits per heavy atom. The highest BCUT2D eigenvalue weighted by Gasteiger charge is 2.38. The van der Waals surface area contributed by atoms with Crippen molar-refractivity contribution in [3.05, 3.63) is 30.3 Å². The van der Waals surface area contributed by atoms with Crippen molar-refractivity contribution in [2.75, 3.05) is 18.1 Å². The number of amides is 1. The largest absolute Gasteiger partial charge is 0.465 e. The molecule has 0 aromatic heterocycles. The Bertz CT molecular complexity index is 417. The molecule has 0 radical (unpaired) electrons. The number of hydrogen-bond donors (Lipinski definition) is 0. The molecule has 1 amide bonds. The third-order valence-corrected chi connectivity index (χ3v) is 2.84. The van der Waals surface area contributed by atoms with Crippen molar-refractivity contribution in [2.24, 2.45) is 5.92 Å². The first-order valence-corrected chi connectivity index (χ1v) is 6.77. The van der Waals surface area contributed by atoms with Crippen LogP contribution in [-0.4, -0.2) is 25.0 Å². The lowest BCUT2D eigenvalue weighted by Gasteiger charge is -2.16. The summed E-state index contributed by atoms with van der Waals surface area (Å²) in [5, 5.41) is 0. The highest BCUT2D eigenvalue weighted by molar-refractivity contribution is 6.08. The van der Waals surface area contributed by atoms with Crippen molar-refractivity contribution in [1.29, 1.82) is 0 Å². The molecule has 1 fully saturated rings. The van der Waals surface area contributed by atoms with Gasteiger partial charge in [-0.05, 0) is 25.5 Å². The topological polar surface area (TPSA) is 46.6 Å². The fourth-order valence-corrected chi connectivity index (χ4v) is 2.01. The zero-order chi connectivity index (χ0) is 14.3. The molecule has 1 atom stereocenters. The molecule has 1 saturated heterocycles. The fraction of sp³-hybridized carbons (Fsp3) is 0.467. The second-order valence-corrected chi connectivity index (χ2v) is 3.92. The molecule has 2 rings (SSSR count). The number of nitrogens with zero attached hydrogens (tertiary/aromatic N) is 1. The van der Waals surface area contributed by atoms with Crippen LogP contribution in [0.1, 0.15) is 27.2 Å². The molecule has 4 nitrogen and oxygen atoms in total. The predicted octanol–water partition coefficient (Wildman–Crippen LogP) is 2.63. The number of benzene rings is 1. The van der Waals surface area contributed by atoms with Gasteiger partial charge in [0.2, 0.25) is 5.91 Å². The lowest BCUT2D eigenvalue weighted by atomic mass is 10.1. The first-order valence-electron chi connectivity index (χ1n) is 6.77. The molecule has 1 aliphatic heterocycles. The molecule has 1 heterocycles. The zero-order valence-electron chi connectivity index (χ0n) is 11.8. The lowest BCUT2D eigenvalue weighted by molar-refractivity contribution is -0.150. The molecule has 1 aromatic rings. The molecule has 104 valence electrons. The van der Waals surface area contributed by atoms with Crippen molar-refractivity contribution in [1.82, 2.24) is 0 Å². The van der Waals surface area contributed by atoms with E-state index >= 15 is 0 Å². The van der Waals surface area contributed by atoms with E-state index in [4.69, 9.17) is 4.74 Å². The number of carbonyl (C=O) groups excluding carboxylic acids is 2. The number of ether oxygens (including phenoxy) is 1. The summed E-state index contributed by atoms with van der Waals surface area (Å²) >= 11 is 0. The molecule has 0 bridgehead atoms. The highest BCUT2D eigenvalue weighted by Crippen LogP contribution is 2.25. The minimum absolute atomic E-state index is 0.158. The van der Waals surface area contributed by atoms with Crippen molar-refractivity contribution < 1.29 is 14.3 Å². The van der Waals surface area contributed by atoms with Gasteiger partial charge < -0.3 is 9.64 Å². The van der Waals surface area contributed by atoms with Crippen LogP contribution in [0.25, 0.3) is 0 Å². The van der Waals surface area contributed by atoms with Gasteiger partial charge in [-0.1, -0.05) is 32.0 Å². The van der Waals surface area contributed by atoms with Crippen LogP contribution >= 0.6 is 0 Å². The van der Waals surface area contributed by atoms with E-state index in [2.05, 4.69) is 0 Å². The molecule has 1 aromatic carbocycles. The van der Waals surface area contributed by atoms with E-state index in [0.717, 1.165) is 5.69 Å². The van der Waals surface area contributed by atoms with Crippen LogP contribution in [-0.2, 0) is 14.3 Å². The smallest absolute Gasteiger partial charge is 0.318 e. The van der Waals surface area contributed by atoms with Gasteiger partial charge in [-0.2, -0.15) is 0 Å². The van der Waals surface area contributed by atoms with Crippen LogP contribution in [0, 0.1) is 5.92 Å². The fourth-order valence-electron chi connectivity index (χ4n) is 2.01. The van der Waals surface area contributed by atoms with Crippen molar-refractivity contribution >= 4 is 17.6 Å². The second-order valence-electron chi connectivity index (χ2n) is 3.92.